The second-order valence-corrected chi connectivity index (χ2v) is 5.22. The second-order valence-electron chi connectivity index (χ2n) is 5.22. The van der Waals surface area contributed by atoms with Crippen LogP contribution in [0.25, 0.3) is 11.1 Å². The van der Waals surface area contributed by atoms with Crippen LogP contribution >= 0.6 is 0 Å². The topological polar surface area (TPSA) is 66.8 Å². The monoisotopic (exact) mass is 300 g/mol. The summed E-state index contributed by atoms with van der Waals surface area (Å²) in [5.74, 6) is -0.143. The summed E-state index contributed by atoms with van der Waals surface area (Å²) in [5.41, 5.74) is 3.30. The van der Waals surface area contributed by atoms with Gasteiger partial charge in [0.05, 0.1) is 19.6 Å². The Bertz CT molecular complexity index is 602. The quantitative estimate of drug-likeness (QED) is 0.824. The number of aliphatic hydroxyl groups excluding tert-OH is 1. The number of hydrogen-bond donors (Lipinski definition) is 2. The lowest BCUT2D eigenvalue weighted by atomic mass is 10.0. The molecule has 0 aliphatic rings. The molecule has 4 heteroatoms. The fourth-order valence-corrected chi connectivity index (χ4v) is 2.28. The summed E-state index contributed by atoms with van der Waals surface area (Å²) >= 11 is 0. The zero-order valence-electron chi connectivity index (χ0n) is 12.5. The van der Waals surface area contributed by atoms with E-state index in [0.29, 0.717) is 12.8 Å². The van der Waals surface area contributed by atoms with Crippen LogP contribution in [-0.4, -0.2) is 29.4 Å². The molecule has 0 aliphatic carbocycles. The fourth-order valence-electron chi connectivity index (χ4n) is 2.28. The maximum atomic E-state index is 10.5. The number of carboxylic acid groups (broad SMARTS) is 1. The lowest BCUT2D eigenvalue weighted by molar-refractivity contribution is -0.139. The van der Waals surface area contributed by atoms with Crippen molar-refractivity contribution in [3.05, 3.63) is 54.1 Å². The van der Waals surface area contributed by atoms with Crippen molar-refractivity contribution >= 4 is 5.97 Å². The molecule has 0 bridgehead atoms. The van der Waals surface area contributed by atoms with Crippen molar-refractivity contribution in [1.29, 1.82) is 0 Å². The summed E-state index contributed by atoms with van der Waals surface area (Å²) in [6, 6.07) is 15.9. The van der Waals surface area contributed by atoms with Crippen molar-refractivity contribution in [3.8, 4) is 16.9 Å². The van der Waals surface area contributed by atoms with E-state index in [1.54, 1.807) is 7.11 Å². The van der Waals surface area contributed by atoms with Gasteiger partial charge in [0.1, 0.15) is 5.75 Å². The van der Waals surface area contributed by atoms with E-state index in [0.717, 1.165) is 22.4 Å². The Hall–Kier alpha value is -2.33. The molecule has 0 aliphatic heterocycles. The fraction of sp³-hybridized carbons (Fsp3) is 0.278. The Labute approximate surface area is 130 Å². The first-order valence-electron chi connectivity index (χ1n) is 7.21. The smallest absolute Gasteiger partial charge is 0.305 e. The molecule has 0 radical (unpaired) electrons. The molecule has 2 aromatic rings. The predicted molar refractivity (Wildman–Crippen MR) is 85.0 cm³/mol. The first-order chi connectivity index (χ1) is 10.6. The Morgan fingerprint density at radius 2 is 1.59 bits per heavy atom. The van der Waals surface area contributed by atoms with Gasteiger partial charge in [0, 0.05) is 0 Å². The maximum Gasteiger partial charge on any atom is 0.305 e. The summed E-state index contributed by atoms with van der Waals surface area (Å²) in [7, 11) is 1.64. The normalized spacial score (nSPS) is 11.9. The highest BCUT2D eigenvalue weighted by atomic mass is 16.5. The summed E-state index contributed by atoms with van der Waals surface area (Å²) < 4.78 is 5.14. The van der Waals surface area contributed by atoms with Crippen molar-refractivity contribution in [1.82, 2.24) is 0 Å². The Balaban J connectivity index is 1.96. The summed E-state index contributed by atoms with van der Waals surface area (Å²) in [4.78, 5) is 10.5. The van der Waals surface area contributed by atoms with Crippen molar-refractivity contribution in [2.24, 2.45) is 0 Å². The van der Waals surface area contributed by atoms with Gasteiger partial charge in [-0.25, -0.2) is 0 Å². The van der Waals surface area contributed by atoms with Gasteiger partial charge in [0.15, 0.2) is 0 Å². The van der Waals surface area contributed by atoms with Crippen LogP contribution in [-0.2, 0) is 11.2 Å². The van der Waals surface area contributed by atoms with Gasteiger partial charge in [0.25, 0.3) is 0 Å². The van der Waals surface area contributed by atoms with Crippen molar-refractivity contribution < 1.29 is 19.7 Å². The van der Waals surface area contributed by atoms with E-state index < -0.39 is 12.1 Å². The van der Waals surface area contributed by atoms with E-state index in [2.05, 4.69) is 0 Å². The number of aliphatic carboxylic acids is 1. The molecule has 2 aromatic carbocycles. The van der Waals surface area contributed by atoms with E-state index in [-0.39, 0.29) is 6.42 Å². The number of ether oxygens (including phenoxy) is 1. The number of benzene rings is 2. The van der Waals surface area contributed by atoms with Crippen molar-refractivity contribution in [3.63, 3.8) is 0 Å². The molecule has 2 N–H and O–H groups in total. The molecule has 1 atom stereocenters. The highest BCUT2D eigenvalue weighted by Gasteiger charge is 2.09. The summed E-state index contributed by atoms with van der Waals surface area (Å²) in [6.07, 6.45) is 0.119. The number of aryl methyl sites for hydroxylation is 1. The Morgan fingerprint density at radius 1 is 1.05 bits per heavy atom. The van der Waals surface area contributed by atoms with Crippen LogP contribution in [0.3, 0.4) is 0 Å². The average molecular weight is 300 g/mol. The average Bonchev–Trinajstić information content (AvgIpc) is 2.53. The Kier molecular flexibility index (Phi) is 5.55. The zero-order valence-corrected chi connectivity index (χ0v) is 12.5. The van der Waals surface area contributed by atoms with Crippen LogP contribution in [0, 0.1) is 0 Å². The van der Waals surface area contributed by atoms with Gasteiger partial charge >= 0.3 is 5.97 Å². The molecule has 0 saturated carbocycles. The van der Waals surface area contributed by atoms with Crippen LogP contribution < -0.4 is 4.74 Å². The van der Waals surface area contributed by atoms with Gasteiger partial charge in [-0.3, -0.25) is 4.79 Å². The number of carbonyl (C=O) groups is 1. The standard InChI is InChI=1S/C18H20O4/c1-22-17-10-7-15(8-11-17)14-5-2-13(3-6-14)4-9-16(19)12-18(20)21/h2-3,5-8,10-11,16,19H,4,9,12H2,1H3,(H,20,21). The van der Waals surface area contributed by atoms with E-state index >= 15 is 0 Å². The third-order valence-electron chi connectivity index (χ3n) is 3.55. The van der Waals surface area contributed by atoms with Crippen LogP contribution in [0.5, 0.6) is 5.75 Å². The van der Waals surface area contributed by atoms with E-state index in [1.807, 2.05) is 48.5 Å². The largest absolute Gasteiger partial charge is 0.497 e. The van der Waals surface area contributed by atoms with Crippen LogP contribution in [0.2, 0.25) is 0 Å². The van der Waals surface area contributed by atoms with E-state index in [4.69, 9.17) is 9.84 Å². The molecule has 116 valence electrons. The SMILES string of the molecule is COc1ccc(-c2ccc(CCC(O)CC(=O)O)cc2)cc1. The molecule has 1 unspecified atom stereocenters. The van der Waals surface area contributed by atoms with Gasteiger partial charge in [0.2, 0.25) is 0 Å². The third-order valence-corrected chi connectivity index (χ3v) is 3.55. The van der Waals surface area contributed by atoms with Crippen LogP contribution in [0.1, 0.15) is 18.4 Å². The van der Waals surface area contributed by atoms with E-state index in [1.165, 1.54) is 0 Å². The van der Waals surface area contributed by atoms with Crippen LogP contribution in [0.4, 0.5) is 0 Å². The number of aliphatic hydroxyl groups is 1. The minimum atomic E-state index is -0.970. The van der Waals surface area contributed by atoms with Gasteiger partial charge in [-0.1, -0.05) is 36.4 Å². The van der Waals surface area contributed by atoms with Gasteiger partial charge in [-0.05, 0) is 41.7 Å². The van der Waals surface area contributed by atoms with Crippen molar-refractivity contribution in [2.45, 2.75) is 25.4 Å². The summed E-state index contributed by atoms with van der Waals surface area (Å²) in [6.45, 7) is 0. The minimum Gasteiger partial charge on any atom is -0.497 e. The van der Waals surface area contributed by atoms with E-state index in [9.17, 15) is 9.90 Å². The highest BCUT2D eigenvalue weighted by Crippen LogP contribution is 2.23. The highest BCUT2D eigenvalue weighted by molar-refractivity contribution is 5.67. The third kappa shape index (κ3) is 4.60. The zero-order chi connectivity index (χ0) is 15.9. The van der Waals surface area contributed by atoms with Gasteiger partial charge in [-0.2, -0.15) is 0 Å². The predicted octanol–water partition coefficient (Wildman–Crippen LogP) is 3.13. The molecular weight excluding hydrogens is 280 g/mol. The first kappa shape index (κ1) is 16.0. The molecular formula is C18H20O4. The number of hydrogen-bond acceptors (Lipinski definition) is 3. The molecule has 0 fully saturated rings. The number of rotatable bonds is 7. The lowest BCUT2D eigenvalue weighted by Crippen LogP contribution is -2.13. The molecule has 0 spiro atoms. The maximum absolute atomic E-state index is 10.5. The molecule has 0 heterocycles. The number of methoxy groups -OCH3 is 1. The lowest BCUT2D eigenvalue weighted by Gasteiger charge is -2.09. The second kappa shape index (κ2) is 7.61. The van der Waals surface area contributed by atoms with Crippen LogP contribution in [0.15, 0.2) is 48.5 Å². The molecule has 2 rings (SSSR count). The van der Waals surface area contributed by atoms with Gasteiger partial charge < -0.3 is 14.9 Å². The Morgan fingerprint density at radius 3 is 2.09 bits per heavy atom. The minimum absolute atomic E-state index is 0.204. The van der Waals surface area contributed by atoms with Gasteiger partial charge in [-0.15, -0.1) is 0 Å². The summed E-state index contributed by atoms with van der Waals surface area (Å²) in [5, 5.41) is 18.2. The molecule has 0 saturated heterocycles. The van der Waals surface area contributed by atoms with Crippen molar-refractivity contribution in [2.75, 3.05) is 7.11 Å². The molecule has 0 aromatic heterocycles. The first-order valence-corrected chi connectivity index (χ1v) is 7.21. The number of carboxylic acids is 1. The molecule has 4 nitrogen and oxygen atoms in total. The molecule has 22 heavy (non-hydrogen) atoms. The molecule has 0 amide bonds.